The summed E-state index contributed by atoms with van der Waals surface area (Å²) in [6.07, 6.45) is 7.77. The Kier molecular flexibility index (Phi) is 7.30. The van der Waals surface area contributed by atoms with Crippen LogP contribution in [0.25, 0.3) is 0 Å². The van der Waals surface area contributed by atoms with Gasteiger partial charge in [0.05, 0.1) is 6.26 Å². The number of urea groups is 1. The van der Waals surface area contributed by atoms with Gasteiger partial charge in [0.15, 0.2) is 5.76 Å². The molecule has 3 amide bonds. The van der Waals surface area contributed by atoms with E-state index in [4.69, 9.17) is 4.42 Å². The van der Waals surface area contributed by atoms with Crippen LogP contribution in [-0.2, 0) is 0 Å². The topological polar surface area (TPSA) is 86.6 Å². The van der Waals surface area contributed by atoms with Crippen molar-refractivity contribution >= 4 is 23.3 Å². The second-order valence-corrected chi connectivity index (χ2v) is 7.78. The summed E-state index contributed by atoms with van der Waals surface area (Å²) in [5.41, 5.74) is 1.19. The smallest absolute Gasteiger partial charge is 0.319 e. The van der Waals surface area contributed by atoms with Gasteiger partial charge in [0.2, 0.25) is 0 Å². The van der Waals surface area contributed by atoms with Crippen molar-refractivity contribution in [2.75, 3.05) is 31.3 Å². The van der Waals surface area contributed by atoms with E-state index in [1.165, 1.54) is 38.4 Å². The lowest BCUT2D eigenvalue weighted by atomic mass is 9.83. The van der Waals surface area contributed by atoms with Gasteiger partial charge in [0.25, 0.3) is 5.91 Å². The molecule has 3 rings (SSSR count). The second-order valence-electron chi connectivity index (χ2n) is 7.78. The van der Waals surface area contributed by atoms with E-state index in [0.717, 1.165) is 0 Å². The van der Waals surface area contributed by atoms with Gasteiger partial charge in [-0.2, -0.15) is 0 Å². The number of rotatable bonds is 7. The van der Waals surface area contributed by atoms with Crippen LogP contribution in [0, 0.1) is 5.92 Å². The molecule has 7 nitrogen and oxygen atoms in total. The average Bonchev–Trinajstić information content (AvgIpc) is 3.24. The summed E-state index contributed by atoms with van der Waals surface area (Å²) in [4.78, 5) is 26.7. The summed E-state index contributed by atoms with van der Waals surface area (Å²) < 4.78 is 5.09. The Balaban J connectivity index is 1.52. The average molecular weight is 399 g/mol. The highest BCUT2D eigenvalue weighted by Gasteiger charge is 2.25. The Labute approximate surface area is 171 Å². The van der Waals surface area contributed by atoms with Crippen molar-refractivity contribution < 1.29 is 14.0 Å². The third-order valence-corrected chi connectivity index (χ3v) is 5.45. The Morgan fingerprint density at radius 3 is 2.45 bits per heavy atom. The first-order valence-electron chi connectivity index (χ1n) is 10.2. The molecule has 1 aromatic carbocycles. The van der Waals surface area contributed by atoms with Gasteiger partial charge in [-0.25, -0.2) is 4.79 Å². The molecule has 29 heavy (non-hydrogen) atoms. The van der Waals surface area contributed by atoms with Crippen molar-refractivity contribution in [2.45, 2.75) is 38.1 Å². The zero-order valence-corrected chi connectivity index (χ0v) is 17.1. The molecule has 1 heterocycles. The van der Waals surface area contributed by atoms with E-state index in [1.54, 1.807) is 36.4 Å². The number of likely N-dealkylation sites (N-methyl/N-ethyl adjacent to an activating group) is 1. The molecule has 0 radical (unpaired) electrons. The summed E-state index contributed by atoms with van der Waals surface area (Å²) in [5.74, 6) is 0.524. The molecule has 3 N–H and O–H groups in total. The molecule has 1 aliphatic carbocycles. The van der Waals surface area contributed by atoms with Crippen LogP contribution < -0.4 is 16.0 Å². The van der Waals surface area contributed by atoms with Crippen molar-refractivity contribution in [3.63, 3.8) is 0 Å². The number of carbonyl (C=O) groups excluding carboxylic acids is 2. The molecule has 2 aromatic rings. The van der Waals surface area contributed by atoms with Gasteiger partial charge >= 0.3 is 6.03 Å². The highest BCUT2D eigenvalue weighted by atomic mass is 16.3. The van der Waals surface area contributed by atoms with E-state index in [9.17, 15) is 9.59 Å². The molecule has 0 unspecified atom stereocenters. The predicted molar refractivity (Wildman–Crippen MR) is 114 cm³/mol. The molecular weight excluding hydrogens is 368 g/mol. The number of amides is 3. The first-order valence-corrected chi connectivity index (χ1v) is 10.2. The van der Waals surface area contributed by atoms with Crippen LogP contribution >= 0.6 is 0 Å². The molecular formula is C22H30N4O3. The summed E-state index contributed by atoms with van der Waals surface area (Å²) in [5, 5.41) is 8.60. The lowest BCUT2D eigenvalue weighted by Gasteiger charge is -2.34. The van der Waals surface area contributed by atoms with Gasteiger partial charge in [-0.3, -0.25) is 4.79 Å². The minimum absolute atomic E-state index is 0.235. The fourth-order valence-corrected chi connectivity index (χ4v) is 3.94. The summed E-state index contributed by atoms with van der Waals surface area (Å²) in [6, 6.07) is 10.4. The quantitative estimate of drug-likeness (QED) is 0.653. The van der Waals surface area contributed by atoms with Crippen molar-refractivity contribution in [2.24, 2.45) is 5.92 Å². The van der Waals surface area contributed by atoms with E-state index in [-0.39, 0.29) is 17.7 Å². The Bertz CT molecular complexity index is 798. The molecule has 1 saturated carbocycles. The van der Waals surface area contributed by atoms with Crippen LogP contribution in [0.5, 0.6) is 0 Å². The van der Waals surface area contributed by atoms with Gasteiger partial charge in [0, 0.05) is 24.0 Å². The van der Waals surface area contributed by atoms with Crippen LogP contribution in [0.4, 0.5) is 16.2 Å². The summed E-state index contributed by atoms with van der Waals surface area (Å²) in [7, 11) is 4.15. The minimum atomic E-state index is -0.335. The minimum Gasteiger partial charge on any atom is -0.459 e. The predicted octanol–water partition coefficient (Wildman–Crippen LogP) is 4.16. The van der Waals surface area contributed by atoms with E-state index in [2.05, 4.69) is 34.9 Å². The van der Waals surface area contributed by atoms with Gasteiger partial charge in [0.1, 0.15) is 0 Å². The van der Waals surface area contributed by atoms with Crippen molar-refractivity contribution in [3.8, 4) is 0 Å². The number of hydrogen-bond donors (Lipinski definition) is 3. The number of nitrogens with one attached hydrogen (secondary N) is 3. The molecule has 1 aliphatic rings. The van der Waals surface area contributed by atoms with E-state index < -0.39 is 0 Å². The van der Waals surface area contributed by atoms with Crippen molar-refractivity contribution in [1.29, 1.82) is 0 Å². The highest BCUT2D eigenvalue weighted by molar-refractivity contribution is 6.02. The number of anilines is 2. The number of furan rings is 1. The monoisotopic (exact) mass is 398 g/mol. The second kappa shape index (κ2) is 10.1. The maximum absolute atomic E-state index is 12.4. The Morgan fingerprint density at radius 1 is 1.07 bits per heavy atom. The summed E-state index contributed by atoms with van der Waals surface area (Å²) in [6.45, 7) is 0.610. The maximum Gasteiger partial charge on any atom is 0.319 e. The van der Waals surface area contributed by atoms with Crippen LogP contribution in [0.3, 0.4) is 0 Å². The number of hydrogen-bond acceptors (Lipinski definition) is 4. The molecule has 0 bridgehead atoms. The van der Waals surface area contributed by atoms with Gasteiger partial charge < -0.3 is 25.3 Å². The van der Waals surface area contributed by atoms with Gasteiger partial charge in [-0.1, -0.05) is 25.3 Å². The highest BCUT2D eigenvalue weighted by Crippen LogP contribution is 2.28. The molecule has 0 aliphatic heterocycles. The van der Waals surface area contributed by atoms with Crippen LogP contribution in [0.1, 0.15) is 42.7 Å². The number of benzene rings is 1. The Hall–Kier alpha value is -2.80. The fourth-order valence-electron chi connectivity index (χ4n) is 3.94. The van der Waals surface area contributed by atoms with E-state index >= 15 is 0 Å². The van der Waals surface area contributed by atoms with Crippen molar-refractivity contribution in [3.05, 3.63) is 48.4 Å². The third kappa shape index (κ3) is 6.09. The molecule has 0 spiro atoms. The molecule has 1 aromatic heterocycles. The zero-order valence-electron chi connectivity index (χ0n) is 17.1. The zero-order chi connectivity index (χ0) is 20.6. The fraction of sp³-hybridized carbons (Fsp3) is 0.455. The maximum atomic E-state index is 12.4. The number of nitrogens with zero attached hydrogens (tertiary/aromatic N) is 1. The lowest BCUT2D eigenvalue weighted by molar-refractivity contribution is 0.0996. The van der Waals surface area contributed by atoms with Crippen LogP contribution in [0.15, 0.2) is 47.1 Å². The van der Waals surface area contributed by atoms with Crippen LogP contribution in [0.2, 0.25) is 0 Å². The summed E-state index contributed by atoms with van der Waals surface area (Å²) >= 11 is 0. The van der Waals surface area contributed by atoms with Crippen molar-refractivity contribution in [1.82, 2.24) is 10.2 Å². The largest absolute Gasteiger partial charge is 0.459 e. The molecule has 7 heteroatoms. The van der Waals surface area contributed by atoms with Gasteiger partial charge in [-0.05, 0) is 63.2 Å². The van der Waals surface area contributed by atoms with Gasteiger partial charge in [-0.15, -0.1) is 0 Å². The first kappa shape index (κ1) is 20.9. The molecule has 1 atom stereocenters. The molecule has 156 valence electrons. The van der Waals surface area contributed by atoms with E-state index in [0.29, 0.717) is 29.9 Å². The SMILES string of the molecule is CN(C)[C@H](CNC(=O)Nc1cccc(NC(=O)c2ccco2)c1)C1CCCCC1. The van der Waals surface area contributed by atoms with Crippen LogP contribution in [-0.4, -0.2) is 43.5 Å². The first-order chi connectivity index (χ1) is 14.0. The third-order valence-electron chi connectivity index (χ3n) is 5.45. The lowest BCUT2D eigenvalue weighted by Crippen LogP contribution is -2.46. The van der Waals surface area contributed by atoms with E-state index in [1.807, 2.05) is 0 Å². The number of carbonyl (C=O) groups is 2. The standard InChI is InChI=1S/C22H30N4O3/c1-26(2)19(16-8-4-3-5-9-16)15-23-22(28)25-18-11-6-10-17(14-18)24-21(27)20-12-7-13-29-20/h6-7,10-14,16,19H,3-5,8-9,15H2,1-2H3,(H,24,27)(H2,23,25,28)/t19-/m1/s1. The Morgan fingerprint density at radius 2 is 1.79 bits per heavy atom. The normalized spacial score (nSPS) is 15.7. The molecule has 1 fully saturated rings. The molecule has 0 saturated heterocycles.